The molecule has 1 aromatic carbocycles. The molecule has 0 saturated heterocycles. The van der Waals surface area contributed by atoms with Crippen LogP contribution in [0.25, 0.3) is 0 Å². The first-order chi connectivity index (χ1) is 7.49. The Bertz CT molecular complexity index is 424. The molecule has 0 aromatic heterocycles. The topological polar surface area (TPSA) is 46.5 Å². The van der Waals surface area contributed by atoms with Crippen LogP contribution in [0.4, 0.5) is 4.39 Å². The van der Waals surface area contributed by atoms with E-state index in [-0.39, 0.29) is 12.4 Å². The maximum Gasteiger partial charge on any atom is 0.328 e. The molecule has 0 bridgehead atoms. The fraction of sp³-hybridized carbons (Fsp3) is 0.250. The quantitative estimate of drug-likeness (QED) is 0.799. The molecule has 0 spiro atoms. The van der Waals surface area contributed by atoms with Crippen LogP contribution in [0.3, 0.4) is 0 Å². The first-order valence-electron chi connectivity index (χ1n) is 4.78. The number of halogens is 1. The number of carboxylic acid groups (broad SMARTS) is 1. The number of aliphatic carboxylic acids is 1. The molecule has 0 aliphatic carbocycles. The average Bonchev–Trinajstić information content (AvgIpc) is 2.15. The highest BCUT2D eigenvalue weighted by Crippen LogP contribution is 2.18. The van der Waals surface area contributed by atoms with E-state index >= 15 is 0 Å². The predicted octanol–water partition coefficient (Wildman–Crippen LogP) is 2.54. The smallest absolute Gasteiger partial charge is 0.328 e. The van der Waals surface area contributed by atoms with Gasteiger partial charge >= 0.3 is 5.97 Å². The van der Waals surface area contributed by atoms with Crippen molar-refractivity contribution in [3.8, 4) is 5.75 Å². The number of hydrogen-bond donors (Lipinski definition) is 1. The zero-order valence-electron chi connectivity index (χ0n) is 9.16. The summed E-state index contributed by atoms with van der Waals surface area (Å²) in [6.07, 6.45) is 1.08. The Kier molecular flexibility index (Phi) is 4.05. The van der Waals surface area contributed by atoms with Gasteiger partial charge in [0.15, 0.2) is 0 Å². The third-order valence-electron chi connectivity index (χ3n) is 1.96. The molecule has 0 fully saturated rings. The van der Waals surface area contributed by atoms with E-state index in [1.807, 2.05) is 0 Å². The van der Waals surface area contributed by atoms with Crippen molar-refractivity contribution in [1.82, 2.24) is 0 Å². The van der Waals surface area contributed by atoms with Crippen molar-refractivity contribution >= 4 is 5.97 Å². The van der Waals surface area contributed by atoms with Gasteiger partial charge in [-0.05, 0) is 43.2 Å². The third kappa shape index (κ3) is 3.73. The number of hydrogen-bond acceptors (Lipinski definition) is 2. The Morgan fingerprint density at radius 2 is 2.25 bits per heavy atom. The zero-order chi connectivity index (χ0) is 12.1. The second-order valence-electron chi connectivity index (χ2n) is 3.53. The van der Waals surface area contributed by atoms with Crippen molar-refractivity contribution in [2.45, 2.75) is 13.8 Å². The van der Waals surface area contributed by atoms with Gasteiger partial charge < -0.3 is 9.84 Å². The lowest BCUT2D eigenvalue weighted by molar-refractivity contribution is -0.131. The summed E-state index contributed by atoms with van der Waals surface area (Å²) in [6, 6.07) is 4.20. The van der Waals surface area contributed by atoms with Gasteiger partial charge in [-0.2, -0.15) is 0 Å². The van der Waals surface area contributed by atoms with Gasteiger partial charge in [0.1, 0.15) is 18.2 Å². The molecule has 0 heterocycles. The maximum atomic E-state index is 12.8. The second kappa shape index (κ2) is 5.30. The molecular weight excluding hydrogens is 211 g/mol. The van der Waals surface area contributed by atoms with Crippen LogP contribution >= 0.6 is 0 Å². The molecule has 1 N–H and O–H groups in total. The first-order valence-corrected chi connectivity index (χ1v) is 4.78. The van der Waals surface area contributed by atoms with E-state index < -0.39 is 5.97 Å². The number of benzene rings is 1. The molecule has 16 heavy (non-hydrogen) atoms. The van der Waals surface area contributed by atoms with Gasteiger partial charge in [0.25, 0.3) is 0 Å². The fourth-order valence-electron chi connectivity index (χ4n) is 1.22. The van der Waals surface area contributed by atoms with E-state index in [1.165, 1.54) is 18.2 Å². The Balaban J connectivity index is 2.65. The van der Waals surface area contributed by atoms with E-state index in [1.54, 1.807) is 13.8 Å². The Labute approximate surface area is 93.2 Å². The standard InChI is InChI=1S/C12H13FO3/c1-8(5-12(14)15)7-16-11-4-3-10(13)6-9(11)2/h3-6H,7H2,1-2H3,(H,14,15)/b8-5-. The van der Waals surface area contributed by atoms with Crippen LogP contribution in [0.5, 0.6) is 5.75 Å². The summed E-state index contributed by atoms with van der Waals surface area (Å²) >= 11 is 0. The van der Waals surface area contributed by atoms with Crippen molar-refractivity contribution in [3.63, 3.8) is 0 Å². The summed E-state index contributed by atoms with van der Waals surface area (Å²) in [5, 5.41) is 8.49. The monoisotopic (exact) mass is 224 g/mol. The van der Waals surface area contributed by atoms with Crippen molar-refractivity contribution in [1.29, 1.82) is 0 Å². The largest absolute Gasteiger partial charge is 0.489 e. The van der Waals surface area contributed by atoms with Gasteiger partial charge in [0.2, 0.25) is 0 Å². The SMILES string of the molecule is C/C(=C/C(=O)O)COc1ccc(F)cc1C. The molecule has 0 saturated carbocycles. The highest BCUT2D eigenvalue weighted by Gasteiger charge is 2.02. The van der Waals surface area contributed by atoms with Gasteiger partial charge in [-0.15, -0.1) is 0 Å². The minimum Gasteiger partial charge on any atom is -0.489 e. The van der Waals surface area contributed by atoms with E-state index in [4.69, 9.17) is 9.84 Å². The lowest BCUT2D eigenvalue weighted by Gasteiger charge is -2.08. The molecule has 0 radical (unpaired) electrons. The molecular formula is C12H13FO3. The van der Waals surface area contributed by atoms with Crippen LogP contribution in [0.2, 0.25) is 0 Å². The second-order valence-corrected chi connectivity index (χ2v) is 3.53. The summed E-state index contributed by atoms with van der Waals surface area (Å²) in [5.74, 6) is -0.765. The van der Waals surface area contributed by atoms with Gasteiger partial charge in [0.05, 0.1) is 0 Å². The molecule has 0 unspecified atom stereocenters. The van der Waals surface area contributed by atoms with Crippen molar-refractivity contribution in [2.75, 3.05) is 6.61 Å². The van der Waals surface area contributed by atoms with Crippen molar-refractivity contribution < 1.29 is 19.0 Å². The number of carboxylic acids is 1. The van der Waals surface area contributed by atoms with E-state index in [0.29, 0.717) is 16.9 Å². The molecule has 1 rings (SSSR count). The van der Waals surface area contributed by atoms with E-state index in [2.05, 4.69) is 0 Å². The van der Waals surface area contributed by atoms with Crippen LogP contribution < -0.4 is 4.74 Å². The first kappa shape index (κ1) is 12.2. The third-order valence-corrected chi connectivity index (χ3v) is 1.96. The summed E-state index contributed by atoms with van der Waals surface area (Å²) in [5.41, 5.74) is 1.28. The van der Waals surface area contributed by atoms with Crippen LogP contribution in [-0.4, -0.2) is 17.7 Å². The van der Waals surface area contributed by atoms with Gasteiger partial charge in [-0.1, -0.05) is 0 Å². The molecule has 1 aromatic rings. The van der Waals surface area contributed by atoms with Crippen LogP contribution in [-0.2, 0) is 4.79 Å². The van der Waals surface area contributed by atoms with Gasteiger partial charge in [-0.25, -0.2) is 9.18 Å². The van der Waals surface area contributed by atoms with Crippen molar-refractivity contribution in [2.24, 2.45) is 0 Å². The van der Waals surface area contributed by atoms with E-state index in [0.717, 1.165) is 6.08 Å². The van der Waals surface area contributed by atoms with Crippen LogP contribution in [0.1, 0.15) is 12.5 Å². The molecule has 4 heteroatoms. The Morgan fingerprint density at radius 3 is 2.81 bits per heavy atom. The van der Waals surface area contributed by atoms with Gasteiger partial charge in [0, 0.05) is 6.08 Å². The maximum absolute atomic E-state index is 12.8. The molecule has 0 atom stereocenters. The lowest BCUT2D eigenvalue weighted by atomic mass is 10.2. The number of carbonyl (C=O) groups is 1. The van der Waals surface area contributed by atoms with Crippen LogP contribution in [0, 0.1) is 12.7 Å². The normalized spacial score (nSPS) is 11.3. The Hall–Kier alpha value is -1.84. The summed E-state index contributed by atoms with van der Waals surface area (Å²) in [6.45, 7) is 3.57. The predicted molar refractivity (Wildman–Crippen MR) is 58.0 cm³/mol. The molecule has 3 nitrogen and oxygen atoms in total. The van der Waals surface area contributed by atoms with Gasteiger partial charge in [-0.3, -0.25) is 0 Å². The summed E-state index contributed by atoms with van der Waals surface area (Å²) in [4.78, 5) is 10.4. The molecule has 0 aliphatic rings. The minimum absolute atomic E-state index is 0.179. The number of rotatable bonds is 4. The minimum atomic E-state index is -1.00. The molecule has 0 aliphatic heterocycles. The number of aryl methyl sites for hydroxylation is 1. The molecule has 86 valence electrons. The highest BCUT2D eigenvalue weighted by molar-refractivity contribution is 5.80. The lowest BCUT2D eigenvalue weighted by Crippen LogP contribution is -2.02. The highest BCUT2D eigenvalue weighted by atomic mass is 19.1. The zero-order valence-corrected chi connectivity index (χ0v) is 9.16. The average molecular weight is 224 g/mol. The summed E-state index contributed by atoms with van der Waals surface area (Å²) < 4.78 is 18.1. The fourth-order valence-corrected chi connectivity index (χ4v) is 1.22. The number of ether oxygens (including phenoxy) is 1. The summed E-state index contributed by atoms with van der Waals surface area (Å²) in [7, 11) is 0. The van der Waals surface area contributed by atoms with E-state index in [9.17, 15) is 9.18 Å². The molecule has 0 amide bonds. The van der Waals surface area contributed by atoms with Crippen molar-refractivity contribution in [3.05, 3.63) is 41.2 Å². The van der Waals surface area contributed by atoms with Crippen LogP contribution in [0.15, 0.2) is 29.8 Å². The Morgan fingerprint density at radius 1 is 1.56 bits per heavy atom.